The number of nitro groups is 1. The minimum absolute atomic E-state index is 0.0513. The van der Waals surface area contributed by atoms with Gasteiger partial charge in [0, 0.05) is 17.9 Å². The molecule has 1 N–H and O–H groups in total. The van der Waals surface area contributed by atoms with E-state index in [1.165, 1.54) is 6.33 Å². The second-order valence-corrected chi connectivity index (χ2v) is 6.61. The molecule has 0 saturated heterocycles. The molecule has 2 aromatic carbocycles. The van der Waals surface area contributed by atoms with Crippen LogP contribution in [-0.2, 0) is 11.2 Å². The van der Waals surface area contributed by atoms with Gasteiger partial charge in [-0.15, -0.1) is 0 Å². The Morgan fingerprint density at radius 3 is 2.87 bits per heavy atom. The number of aromatic nitrogens is 2. The number of anilines is 4. The fraction of sp³-hybridized carbons (Fsp3) is 0.190. The van der Waals surface area contributed by atoms with Crippen LogP contribution in [0.1, 0.15) is 22.8 Å². The second-order valence-electron chi connectivity index (χ2n) is 6.61. The molecule has 30 heavy (non-hydrogen) atoms. The number of ether oxygens (including phenoxy) is 1. The number of benzene rings is 2. The van der Waals surface area contributed by atoms with Gasteiger partial charge >= 0.3 is 11.7 Å². The number of carbonyl (C=O) groups excluding carboxylic acids is 1. The van der Waals surface area contributed by atoms with Crippen LogP contribution >= 0.6 is 0 Å². The van der Waals surface area contributed by atoms with Crippen LogP contribution in [0.2, 0.25) is 0 Å². The van der Waals surface area contributed by atoms with E-state index in [1.807, 2.05) is 29.2 Å². The first-order chi connectivity index (χ1) is 14.6. The first-order valence-corrected chi connectivity index (χ1v) is 9.47. The van der Waals surface area contributed by atoms with Crippen LogP contribution in [0, 0.1) is 10.1 Å². The van der Waals surface area contributed by atoms with Crippen LogP contribution in [0.15, 0.2) is 54.9 Å². The van der Waals surface area contributed by atoms with E-state index in [0.29, 0.717) is 17.8 Å². The van der Waals surface area contributed by atoms with E-state index < -0.39 is 10.9 Å². The van der Waals surface area contributed by atoms with E-state index in [4.69, 9.17) is 4.74 Å². The van der Waals surface area contributed by atoms with E-state index in [9.17, 15) is 14.9 Å². The minimum atomic E-state index is -0.492. The third-order valence-corrected chi connectivity index (χ3v) is 4.76. The van der Waals surface area contributed by atoms with Gasteiger partial charge in [-0.2, -0.15) is 0 Å². The van der Waals surface area contributed by atoms with Gasteiger partial charge in [0.2, 0.25) is 11.6 Å². The largest absolute Gasteiger partial charge is 0.462 e. The average molecular weight is 405 g/mol. The highest BCUT2D eigenvalue weighted by molar-refractivity contribution is 5.91. The zero-order valence-electron chi connectivity index (χ0n) is 16.2. The van der Waals surface area contributed by atoms with Crippen molar-refractivity contribution >= 4 is 34.7 Å². The van der Waals surface area contributed by atoms with Crippen molar-refractivity contribution in [1.82, 2.24) is 9.97 Å². The van der Waals surface area contributed by atoms with Gasteiger partial charge in [0.25, 0.3) is 0 Å². The summed E-state index contributed by atoms with van der Waals surface area (Å²) in [6.45, 7) is 2.58. The monoisotopic (exact) mass is 405 g/mol. The maximum Gasteiger partial charge on any atom is 0.354 e. The second kappa shape index (κ2) is 8.16. The van der Waals surface area contributed by atoms with Crippen molar-refractivity contribution in [3.8, 4) is 0 Å². The maximum atomic E-state index is 12.0. The third-order valence-electron chi connectivity index (χ3n) is 4.76. The van der Waals surface area contributed by atoms with Crippen LogP contribution in [0.5, 0.6) is 0 Å². The molecule has 9 heteroatoms. The molecule has 9 nitrogen and oxygen atoms in total. The predicted octanol–water partition coefficient (Wildman–Crippen LogP) is 4.00. The molecular weight excluding hydrogens is 386 g/mol. The first kappa shape index (κ1) is 19.3. The van der Waals surface area contributed by atoms with E-state index >= 15 is 0 Å². The zero-order chi connectivity index (χ0) is 21.1. The van der Waals surface area contributed by atoms with Crippen molar-refractivity contribution in [2.75, 3.05) is 23.4 Å². The van der Waals surface area contributed by atoms with Crippen molar-refractivity contribution in [2.24, 2.45) is 0 Å². The number of hydrogen-bond donors (Lipinski definition) is 1. The third kappa shape index (κ3) is 3.64. The molecule has 1 aliphatic rings. The van der Waals surface area contributed by atoms with E-state index in [-0.39, 0.29) is 23.9 Å². The van der Waals surface area contributed by atoms with Crippen molar-refractivity contribution in [3.63, 3.8) is 0 Å². The van der Waals surface area contributed by atoms with Gasteiger partial charge in [-0.3, -0.25) is 10.1 Å². The highest BCUT2D eigenvalue weighted by Gasteiger charge is 2.31. The molecule has 1 aliphatic heterocycles. The molecule has 152 valence electrons. The van der Waals surface area contributed by atoms with Crippen LogP contribution < -0.4 is 10.2 Å². The lowest BCUT2D eigenvalue weighted by Gasteiger charge is -2.19. The molecule has 0 aliphatic carbocycles. The standard InChI is InChI=1S/C21H19N5O4/c1-2-30-21(27)15-7-5-8-16(12-15)24-19-18(26(28)29)20(23-13-22-19)25-11-10-14-6-3-4-9-17(14)25/h3-9,12-13H,2,10-11H2,1H3,(H,22,23,24). The summed E-state index contributed by atoms with van der Waals surface area (Å²) in [6, 6.07) is 14.3. The Balaban J connectivity index is 1.71. The summed E-state index contributed by atoms with van der Waals surface area (Å²) in [5, 5.41) is 14.9. The Morgan fingerprint density at radius 2 is 2.07 bits per heavy atom. The number of fused-ring (bicyclic) bond motifs is 1. The molecule has 4 rings (SSSR count). The fourth-order valence-electron chi connectivity index (χ4n) is 3.46. The number of nitrogens with zero attached hydrogens (tertiary/aromatic N) is 4. The molecule has 0 bridgehead atoms. The Bertz CT molecular complexity index is 1120. The van der Waals surface area contributed by atoms with Gasteiger partial charge in [0.05, 0.1) is 17.1 Å². The van der Waals surface area contributed by atoms with Crippen molar-refractivity contribution in [3.05, 3.63) is 76.1 Å². The number of nitrogens with one attached hydrogen (secondary N) is 1. The van der Waals surface area contributed by atoms with E-state index in [2.05, 4.69) is 15.3 Å². The molecule has 0 atom stereocenters. The quantitative estimate of drug-likeness (QED) is 0.372. The molecular formula is C21H19N5O4. The Labute approximate surface area is 172 Å². The highest BCUT2D eigenvalue weighted by atomic mass is 16.6. The Hall–Kier alpha value is -4.01. The van der Waals surface area contributed by atoms with Crippen LogP contribution in [-0.4, -0.2) is 34.0 Å². The van der Waals surface area contributed by atoms with Gasteiger partial charge < -0.3 is 15.0 Å². The molecule has 0 spiro atoms. The van der Waals surface area contributed by atoms with Gasteiger partial charge in [0.1, 0.15) is 6.33 Å². The number of esters is 1. The number of hydrogen-bond acceptors (Lipinski definition) is 8. The molecule has 0 unspecified atom stereocenters. The average Bonchev–Trinajstić information content (AvgIpc) is 3.18. The fourth-order valence-corrected chi connectivity index (χ4v) is 3.46. The Morgan fingerprint density at radius 1 is 1.23 bits per heavy atom. The topological polar surface area (TPSA) is 110 Å². The van der Waals surface area contributed by atoms with Gasteiger partial charge in [-0.05, 0) is 43.2 Å². The lowest BCUT2D eigenvalue weighted by atomic mass is 10.2. The molecule has 2 heterocycles. The molecule has 0 radical (unpaired) electrons. The van der Waals surface area contributed by atoms with Crippen LogP contribution in [0.3, 0.4) is 0 Å². The van der Waals surface area contributed by atoms with E-state index in [1.54, 1.807) is 31.2 Å². The SMILES string of the molecule is CCOC(=O)c1cccc(Nc2ncnc(N3CCc4ccccc43)c2[N+](=O)[O-])c1. The van der Waals surface area contributed by atoms with Crippen LogP contribution in [0.4, 0.5) is 28.7 Å². The summed E-state index contributed by atoms with van der Waals surface area (Å²) in [5.41, 5.74) is 2.61. The summed E-state index contributed by atoms with van der Waals surface area (Å²) in [5.74, 6) is -0.188. The number of rotatable bonds is 6. The van der Waals surface area contributed by atoms with Crippen LogP contribution in [0.25, 0.3) is 0 Å². The predicted molar refractivity (Wildman–Crippen MR) is 112 cm³/mol. The highest BCUT2D eigenvalue weighted by Crippen LogP contribution is 2.40. The minimum Gasteiger partial charge on any atom is -0.462 e. The zero-order valence-corrected chi connectivity index (χ0v) is 16.2. The first-order valence-electron chi connectivity index (χ1n) is 9.47. The van der Waals surface area contributed by atoms with Gasteiger partial charge in [-0.25, -0.2) is 14.8 Å². The summed E-state index contributed by atoms with van der Waals surface area (Å²) in [7, 11) is 0. The molecule has 0 amide bonds. The summed E-state index contributed by atoms with van der Waals surface area (Å²) >= 11 is 0. The number of carbonyl (C=O) groups is 1. The van der Waals surface area contributed by atoms with Crippen molar-refractivity contribution in [2.45, 2.75) is 13.3 Å². The van der Waals surface area contributed by atoms with Crippen molar-refractivity contribution < 1.29 is 14.5 Å². The maximum absolute atomic E-state index is 12.0. The molecule has 0 fully saturated rings. The lowest BCUT2D eigenvalue weighted by Crippen LogP contribution is -2.17. The Kier molecular flexibility index (Phi) is 5.25. The molecule has 0 saturated carbocycles. The van der Waals surface area contributed by atoms with Gasteiger partial charge in [-0.1, -0.05) is 24.3 Å². The smallest absolute Gasteiger partial charge is 0.354 e. The summed E-state index contributed by atoms with van der Waals surface area (Å²) < 4.78 is 5.01. The summed E-state index contributed by atoms with van der Waals surface area (Å²) in [4.78, 5) is 33.6. The molecule has 3 aromatic rings. The molecule has 1 aromatic heterocycles. The van der Waals surface area contributed by atoms with Crippen molar-refractivity contribution in [1.29, 1.82) is 0 Å². The summed E-state index contributed by atoms with van der Waals surface area (Å²) in [6.07, 6.45) is 2.07. The lowest BCUT2D eigenvalue weighted by molar-refractivity contribution is -0.383. The number of para-hydroxylation sites is 1. The van der Waals surface area contributed by atoms with E-state index in [0.717, 1.165) is 17.7 Å². The van der Waals surface area contributed by atoms with Gasteiger partial charge in [0.15, 0.2) is 0 Å². The normalized spacial score (nSPS) is 12.4.